The highest BCUT2D eigenvalue weighted by Gasteiger charge is 2.57. The Morgan fingerprint density at radius 3 is 2.42 bits per heavy atom. The van der Waals surface area contributed by atoms with Gasteiger partial charge in [-0.3, -0.25) is 19.5 Å². The van der Waals surface area contributed by atoms with Crippen LogP contribution in [-0.4, -0.2) is 67.3 Å². The van der Waals surface area contributed by atoms with E-state index in [1.54, 1.807) is 11.5 Å². The summed E-state index contributed by atoms with van der Waals surface area (Å²) in [6.07, 6.45) is 0.962. The van der Waals surface area contributed by atoms with Crippen molar-refractivity contribution in [3.8, 4) is 0 Å². The number of aromatic nitrogens is 4. The number of anilines is 1. The fourth-order valence-electron chi connectivity index (χ4n) is 5.77. The molecule has 0 radical (unpaired) electrons. The molecule has 1 saturated carbocycles. The van der Waals surface area contributed by atoms with Gasteiger partial charge in [0.05, 0.1) is 12.2 Å². The van der Waals surface area contributed by atoms with Gasteiger partial charge in [0, 0.05) is 18.0 Å². The van der Waals surface area contributed by atoms with E-state index in [0.717, 1.165) is 5.56 Å². The van der Waals surface area contributed by atoms with Crippen LogP contribution in [0.5, 0.6) is 0 Å². The van der Waals surface area contributed by atoms with Gasteiger partial charge in [-0.1, -0.05) is 30.3 Å². The van der Waals surface area contributed by atoms with E-state index in [-0.39, 0.29) is 17.5 Å². The van der Waals surface area contributed by atoms with Crippen LogP contribution in [0.15, 0.2) is 43.0 Å². The van der Waals surface area contributed by atoms with Gasteiger partial charge in [0.25, 0.3) is 0 Å². The molecule has 6 rings (SSSR count). The number of Topliss-reactive ketones (excluding diaryl/α,β-unsaturated/α-hetero) is 1. The number of nitrogens with zero attached hydrogens (tertiary/aromatic N) is 4. The van der Waals surface area contributed by atoms with E-state index in [1.807, 2.05) is 30.3 Å². The van der Waals surface area contributed by atoms with Crippen molar-refractivity contribution >= 4 is 34.8 Å². The average Bonchev–Trinajstić information content (AvgIpc) is 3.68. The van der Waals surface area contributed by atoms with E-state index in [1.165, 1.54) is 12.7 Å². The van der Waals surface area contributed by atoms with Crippen molar-refractivity contribution in [1.82, 2.24) is 24.8 Å². The van der Waals surface area contributed by atoms with Crippen molar-refractivity contribution in [2.75, 3.05) is 11.9 Å². The van der Waals surface area contributed by atoms with Gasteiger partial charge in [-0.2, -0.15) is 0 Å². The van der Waals surface area contributed by atoms with Gasteiger partial charge in [-0.15, -0.1) is 0 Å². The largest absolute Gasteiger partial charge is 0.481 e. The van der Waals surface area contributed by atoms with Crippen molar-refractivity contribution < 1.29 is 33.7 Å². The maximum atomic E-state index is 13.8. The number of carbonyl (C=O) groups excluding carboxylic acids is 2. The number of ether oxygens (including phenoxy) is 3. The van der Waals surface area contributed by atoms with Crippen LogP contribution in [-0.2, 0) is 23.8 Å². The molecule has 210 valence electrons. The molecule has 2 amide bonds. The lowest BCUT2D eigenvalue weighted by Gasteiger charge is -2.28. The van der Waals surface area contributed by atoms with E-state index in [4.69, 9.17) is 14.2 Å². The number of aliphatic carboxylic acids is 1. The van der Waals surface area contributed by atoms with Crippen LogP contribution in [0.1, 0.15) is 50.7 Å². The fourth-order valence-corrected chi connectivity index (χ4v) is 5.77. The number of hydrogen-bond acceptors (Lipinski definition) is 9. The molecule has 1 aromatic carbocycles. The molecule has 1 aliphatic carbocycles. The van der Waals surface area contributed by atoms with Gasteiger partial charge < -0.3 is 24.6 Å². The Balaban J connectivity index is 1.30. The second-order valence-corrected chi connectivity index (χ2v) is 10.2. The zero-order chi connectivity index (χ0) is 27.8. The number of carbonyl (C=O) groups is 3. The van der Waals surface area contributed by atoms with E-state index in [2.05, 4.69) is 25.6 Å². The number of ketones is 1. The molecule has 4 heterocycles. The summed E-state index contributed by atoms with van der Waals surface area (Å²) in [5.41, 5.74) is 1.57. The molecule has 0 spiro atoms. The summed E-state index contributed by atoms with van der Waals surface area (Å²) in [6, 6.07) is 9.04. The maximum Gasteiger partial charge on any atom is 0.320 e. The Labute approximate surface area is 229 Å². The second kappa shape index (κ2) is 10.9. The molecule has 3 fully saturated rings. The standard InChI is InChI=1S/C27H30N6O7/c1-2-28-27(37)32-22-17-23(30-12-29-22)33(13-31-17)24-21-20(39-26(40-21)16-6-4-3-5-7-16)19(38-24)18(34)14-8-10-15(11-9-14)25(35)36/h3-7,12-15,19-21,24,26H,2,8-11H2,1H3,(H,35,36)(H2,28,29,30,32,37)/t14?,15?,19?,20?,21?,24?,26-/m0/s1. The summed E-state index contributed by atoms with van der Waals surface area (Å²) in [7, 11) is 0. The third kappa shape index (κ3) is 4.80. The molecule has 0 bridgehead atoms. The zero-order valence-corrected chi connectivity index (χ0v) is 21.8. The van der Waals surface area contributed by atoms with Gasteiger partial charge >= 0.3 is 12.0 Å². The first-order valence-corrected chi connectivity index (χ1v) is 13.4. The Morgan fingerprint density at radius 2 is 1.70 bits per heavy atom. The number of fused-ring (bicyclic) bond motifs is 2. The Kier molecular flexibility index (Phi) is 7.17. The highest BCUT2D eigenvalue weighted by atomic mass is 16.8. The third-order valence-electron chi connectivity index (χ3n) is 7.78. The van der Waals surface area contributed by atoms with Crippen LogP contribution in [0.2, 0.25) is 0 Å². The summed E-state index contributed by atoms with van der Waals surface area (Å²) in [5.74, 6) is -1.46. The lowest BCUT2D eigenvalue weighted by molar-refractivity contribution is -0.164. The highest BCUT2D eigenvalue weighted by Crippen LogP contribution is 2.46. The minimum absolute atomic E-state index is 0.115. The summed E-state index contributed by atoms with van der Waals surface area (Å²) >= 11 is 0. The predicted octanol–water partition coefficient (Wildman–Crippen LogP) is 2.81. The fraction of sp³-hybridized carbons (Fsp3) is 0.481. The summed E-state index contributed by atoms with van der Waals surface area (Å²) in [4.78, 5) is 50.3. The molecular weight excluding hydrogens is 520 g/mol. The van der Waals surface area contributed by atoms with Crippen molar-refractivity contribution in [3.63, 3.8) is 0 Å². The molecule has 2 saturated heterocycles. The topological polar surface area (TPSA) is 167 Å². The second-order valence-electron chi connectivity index (χ2n) is 10.2. The zero-order valence-electron chi connectivity index (χ0n) is 21.8. The van der Waals surface area contributed by atoms with E-state index in [0.29, 0.717) is 43.4 Å². The molecule has 4 unspecified atom stereocenters. The minimum Gasteiger partial charge on any atom is -0.481 e. The van der Waals surface area contributed by atoms with Crippen LogP contribution in [0.4, 0.5) is 10.6 Å². The van der Waals surface area contributed by atoms with E-state index < -0.39 is 48.7 Å². The Morgan fingerprint density at radius 1 is 0.975 bits per heavy atom. The predicted molar refractivity (Wildman–Crippen MR) is 139 cm³/mol. The van der Waals surface area contributed by atoms with Gasteiger partial charge in [-0.25, -0.2) is 19.7 Å². The molecule has 2 aliphatic heterocycles. The number of nitrogens with one attached hydrogen (secondary N) is 2. The molecule has 3 aliphatic rings. The number of urea groups is 1. The normalized spacial score (nSPS) is 29.7. The first-order chi connectivity index (χ1) is 19.4. The summed E-state index contributed by atoms with van der Waals surface area (Å²) < 4.78 is 20.7. The number of amides is 2. The van der Waals surface area contributed by atoms with Gasteiger partial charge in [0.15, 0.2) is 35.3 Å². The maximum absolute atomic E-state index is 13.8. The number of carboxylic acids is 1. The SMILES string of the molecule is CCNC(=O)Nc1ncnc2c1ncn2C1OC(C(=O)C2CCC(C(=O)O)CC2)C2O[C@H](c3ccccc3)OC21. The van der Waals surface area contributed by atoms with Crippen LogP contribution >= 0.6 is 0 Å². The van der Waals surface area contributed by atoms with E-state index in [9.17, 15) is 19.5 Å². The third-order valence-corrected chi connectivity index (χ3v) is 7.78. The molecule has 13 heteroatoms. The number of carboxylic acid groups (broad SMARTS) is 1. The smallest absolute Gasteiger partial charge is 0.320 e. The molecule has 40 heavy (non-hydrogen) atoms. The lowest BCUT2D eigenvalue weighted by atomic mass is 9.78. The molecule has 3 aromatic rings. The van der Waals surface area contributed by atoms with Crippen molar-refractivity contribution in [3.05, 3.63) is 48.5 Å². The first-order valence-electron chi connectivity index (χ1n) is 13.4. The quantitative estimate of drug-likeness (QED) is 0.398. The van der Waals surface area contributed by atoms with Gasteiger partial charge in [0.1, 0.15) is 24.6 Å². The van der Waals surface area contributed by atoms with Crippen LogP contribution < -0.4 is 10.6 Å². The summed E-state index contributed by atoms with van der Waals surface area (Å²) in [6.45, 7) is 2.25. The molecular formula is C27H30N6O7. The van der Waals surface area contributed by atoms with Gasteiger partial charge in [0.2, 0.25) is 0 Å². The van der Waals surface area contributed by atoms with Crippen molar-refractivity contribution in [2.24, 2.45) is 11.8 Å². The van der Waals surface area contributed by atoms with Gasteiger partial charge in [-0.05, 0) is 32.6 Å². The van der Waals surface area contributed by atoms with Crippen LogP contribution in [0.3, 0.4) is 0 Å². The van der Waals surface area contributed by atoms with Crippen molar-refractivity contribution in [2.45, 2.75) is 63.4 Å². The number of hydrogen-bond donors (Lipinski definition) is 3. The van der Waals surface area contributed by atoms with Crippen molar-refractivity contribution in [1.29, 1.82) is 0 Å². The Bertz CT molecular complexity index is 1410. The van der Waals surface area contributed by atoms with Crippen LogP contribution in [0, 0.1) is 11.8 Å². The molecule has 3 N–H and O–H groups in total. The first kappa shape index (κ1) is 26.3. The minimum atomic E-state index is -0.915. The summed E-state index contributed by atoms with van der Waals surface area (Å²) in [5, 5.41) is 14.7. The molecule has 5 atom stereocenters. The van der Waals surface area contributed by atoms with Crippen LogP contribution in [0.25, 0.3) is 11.2 Å². The Hall–Kier alpha value is -3.94. The number of benzene rings is 1. The lowest BCUT2D eigenvalue weighted by Crippen LogP contribution is -2.39. The average molecular weight is 551 g/mol. The molecule has 13 nitrogen and oxygen atoms in total. The number of imidazole rings is 1. The number of rotatable bonds is 7. The molecule has 2 aromatic heterocycles. The van der Waals surface area contributed by atoms with E-state index >= 15 is 0 Å². The highest BCUT2D eigenvalue weighted by molar-refractivity contribution is 5.95. The monoisotopic (exact) mass is 550 g/mol.